The van der Waals surface area contributed by atoms with Crippen molar-refractivity contribution in [1.82, 2.24) is 10.6 Å². The molecule has 0 heterocycles. The van der Waals surface area contributed by atoms with Gasteiger partial charge in [0.15, 0.2) is 0 Å². The molecule has 3 atom stereocenters. The van der Waals surface area contributed by atoms with Crippen LogP contribution in [0.4, 0.5) is 0 Å². The molecule has 0 aromatic heterocycles. The Kier molecular flexibility index (Phi) is 4.39. The molecule has 0 bridgehead atoms. The number of hydrogen-bond donors (Lipinski definition) is 2. The molecule has 3 nitrogen and oxygen atoms in total. The van der Waals surface area contributed by atoms with Crippen molar-refractivity contribution < 1.29 is 4.79 Å². The summed E-state index contributed by atoms with van der Waals surface area (Å²) in [5.41, 5.74) is 0. The molecule has 0 spiro atoms. The maximum atomic E-state index is 11.3. The average molecular weight is 198 g/mol. The maximum Gasteiger partial charge on any atom is 0.236 e. The van der Waals surface area contributed by atoms with Crippen LogP contribution in [0.2, 0.25) is 0 Å². The fraction of sp³-hybridized carbons (Fsp3) is 0.909. The lowest BCUT2D eigenvalue weighted by Gasteiger charge is -2.23. The Hall–Kier alpha value is -0.570. The van der Waals surface area contributed by atoms with Crippen LogP contribution in [0, 0.1) is 5.92 Å². The van der Waals surface area contributed by atoms with Crippen molar-refractivity contribution in [3.05, 3.63) is 0 Å². The van der Waals surface area contributed by atoms with Gasteiger partial charge in [0.1, 0.15) is 0 Å². The predicted octanol–water partition coefficient (Wildman–Crippen LogP) is 1.29. The van der Waals surface area contributed by atoms with Gasteiger partial charge in [-0.25, -0.2) is 0 Å². The largest absolute Gasteiger partial charge is 0.358 e. The van der Waals surface area contributed by atoms with Crippen molar-refractivity contribution in [3.63, 3.8) is 0 Å². The van der Waals surface area contributed by atoms with E-state index in [1.165, 1.54) is 25.7 Å². The van der Waals surface area contributed by atoms with Crippen molar-refractivity contribution in [2.75, 3.05) is 7.05 Å². The summed E-state index contributed by atoms with van der Waals surface area (Å²) in [6.07, 6.45) is 5.06. The summed E-state index contributed by atoms with van der Waals surface area (Å²) < 4.78 is 0. The monoisotopic (exact) mass is 198 g/mol. The highest BCUT2D eigenvalue weighted by atomic mass is 16.2. The topological polar surface area (TPSA) is 41.1 Å². The minimum atomic E-state index is -0.0582. The number of rotatable bonds is 4. The first-order valence-electron chi connectivity index (χ1n) is 5.66. The standard InChI is InChI=1S/C11H22N2O/c1-4-9-6-5-7-10(9)13-8(2)11(14)12-3/h8-10,13H,4-7H2,1-3H3,(H,12,14). The van der Waals surface area contributed by atoms with Crippen LogP contribution in [0.15, 0.2) is 0 Å². The van der Waals surface area contributed by atoms with E-state index in [1.54, 1.807) is 7.05 Å². The number of carbonyl (C=O) groups is 1. The molecule has 1 saturated carbocycles. The molecule has 0 aromatic rings. The van der Waals surface area contributed by atoms with Gasteiger partial charge in [0.2, 0.25) is 5.91 Å². The van der Waals surface area contributed by atoms with Gasteiger partial charge in [0.25, 0.3) is 0 Å². The second-order valence-electron chi connectivity index (χ2n) is 4.21. The van der Waals surface area contributed by atoms with Crippen LogP contribution >= 0.6 is 0 Å². The first-order chi connectivity index (χ1) is 6.69. The Morgan fingerprint density at radius 2 is 2.21 bits per heavy atom. The molecule has 1 fully saturated rings. The van der Waals surface area contributed by atoms with Gasteiger partial charge in [0.05, 0.1) is 6.04 Å². The smallest absolute Gasteiger partial charge is 0.236 e. The normalized spacial score (nSPS) is 28.8. The molecule has 3 unspecified atom stereocenters. The van der Waals surface area contributed by atoms with Crippen LogP contribution in [0.5, 0.6) is 0 Å². The van der Waals surface area contributed by atoms with E-state index >= 15 is 0 Å². The molecule has 14 heavy (non-hydrogen) atoms. The Morgan fingerprint density at radius 3 is 2.79 bits per heavy atom. The van der Waals surface area contributed by atoms with Gasteiger partial charge in [-0.05, 0) is 25.7 Å². The van der Waals surface area contributed by atoms with Crippen molar-refractivity contribution in [1.29, 1.82) is 0 Å². The summed E-state index contributed by atoms with van der Waals surface area (Å²) >= 11 is 0. The van der Waals surface area contributed by atoms with Gasteiger partial charge >= 0.3 is 0 Å². The molecule has 1 aliphatic rings. The molecule has 1 rings (SSSR count). The summed E-state index contributed by atoms with van der Waals surface area (Å²) in [6, 6.07) is 0.490. The Balaban J connectivity index is 2.39. The molecule has 0 aliphatic heterocycles. The van der Waals surface area contributed by atoms with Crippen LogP contribution in [0.25, 0.3) is 0 Å². The highest BCUT2D eigenvalue weighted by molar-refractivity contribution is 5.80. The van der Waals surface area contributed by atoms with E-state index in [1.807, 2.05) is 6.92 Å². The summed E-state index contributed by atoms with van der Waals surface area (Å²) in [6.45, 7) is 4.17. The van der Waals surface area contributed by atoms with E-state index in [0.29, 0.717) is 6.04 Å². The second kappa shape index (κ2) is 5.35. The quantitative estimate of drug-likeness (QED) is 0.714. The van der Waals surface area contributed by atoms with Gasteiger partial charge in [-0.1, -0.05) is 19.8 Å². The number of likely N-dealkylation sites (N-methyl/N-ethyl adjacent to an activating group) is 1. The Labute approximate surface area is 86.6 Å². The maximum absolute atomic E-state index is 11.3. The molecule has 0 saturated heterocycles. The lowest BCUT2D eigenvalue weighted by molar-refractivity contribution is -0.122. The molecule has 1 amide bonds. The van der Waals surface area contributed by atoms with Gasteiger partial charge in [0, 0.05) is 13.1 Å². The van der Waals surface area contributed by atoms with E-state index < -0.39 is 0 Å². The SMILES string of the molecule is CCC1CCCC1NC(C)C(=O)NC. The third-order valence-corrected chi connectivity index (χ3v) is 3.29. The summed E-state index contributed by atoms with van der Waals surface area (Å²) in [7, 11) is 1.69. The van der Waals surface area contributed by atoms with Crippen LogP contribution in [0.3, 0.4) is 0 Å². The zero-order valence-corrected chi connectivity index (χ0v) is 9.47. The summed E-state index contributed by atoms with van der Waals surface area (Å²) in [5, 5.41) is 6.09. The molecule has 2 N–H and O–H groups in total. The first-order valence-corrected chi connectivity index (χ1v) is 5.66. The molecule has 0 aromatic carbocycles. The number of nitrogens with one attached hydrogen (secondary N) is 2. The fourth-order valence-electron chi connectivity index (χ4n) is 2.36. The highest BCUT2D eigenvalue weighted by Gasteiger charge is 2.27. The lowest BCUT2D eigenvalue weighted by atomic mass is 10.00. The molecule has 82 valence electrons. The summed E-state index contributed by atoms with van der Waals surface area (Å²) in [4.78, 5) is 11.3. The zero-order chi connectivity index (χ0) is 10.6. The van der Waals surface area contributed by atoms with Crippen molar-refractivity contribution >= 4 is 5.91 Å². The predicted molar refractivity (Wildman–Crippen MR) is 58.1 cm³/mol. The van der Waals surface area contributed by atoms with Crippen molar-refractivity contribution in [2.24, 2.45) is 5.92 Å². The number of amides is 1. The van der Waals surface area contributed by atoms with E-state index in [-0.39, 0.29) is 11.9 Å². The third-order valence-electron chi connectivity index (χ3n) is 3.29. The van der Waals surface area contributed by atoms with E-state index in [0.717, 1.165) is 5.92 Å². The van der Waals surface area contributed by atoms with Crippen LogP contribution in [0.1, 0.15) is 39.5 Å². The minimum Gasteiger partial charge on any atom is -0.358 e. The van der Waals surface area contributed by atoms with Gasteiger partial charge in [-0.3, -0.25) is 4.79 Å². The minimum absolute atomic E-state index is 0.0582. The van der Waals surface area contributed by atoms with Crippen LogP contribution < -0.4 is 10.6 Å². The van der Waals surface area contributed by atoms with Crippen LogP contribution in [-0.4, -0.2) is 25.0 Å². The number of carbonyl (C=O) groups excluding carboxylic acids is 1. The van der Waals surface area contributed by atoms with Gasteiger partial charge in [-0.2, -0.15) is 0 Å². The fourth-order valence-corrected chi connectivity index (χ4v) is 2.36. The van der Waals surface area contributed by atoms with E-state index in [2.05, 4.69) is 17.6 Å². The molecule has 1 aliphatic carbocycles. The molecule has 3 heteroatoms. The third kappa shape index (κ3) is 2.71. The highest BCUT2D eigenvalue weighted by Crippen LogP contribution is 2.28. The van der Waals surface area contributed by atoms with Gasteiger partial charge in [-0.15, -0.1) is 0 Å². The average Bonchev–Trinajstić information content (AvgIpc) is 2.63. The Bertz CT molecular complexity index is 194. The van der Waals surface area contributed by atoms with E-state index in [9.17, 15) is 4.79 Å². The zero-order valence-electron chi connectivity index (χ0n) is 9.47. The van der Waals surface area contributed by atoms with E-state index in [4.69, 9.17) is 0 Å². The molecular weight excluding hydrogens is 176 g/mol. The second-order valence-corrected chi connectivity index (χ2v) is 4.21. The van der Waals surface area contributed by atoms with Crippen LogP contribution in [-0.2, 0) is 4.79 Å². The first kappa shape index (κ1) is 11.5. The van der Waals surface area contributed by atoms with Gasteiger partial charge < -0.3 is 10.6 Å². The number of hydrogen-bond acceptors (Lipinski definition) is 2. The Morgan fingerprint density at radius 1 is 1.50 bits per heavy atom. The lowest BCUT2D eigenvalue weighted by Crippen LogP contribution is -2.46. The molecular formula is C11H22N2O. The molecule has 0 radical (unpaired) electrons. The summed E-state index contributed by atoms with van der Waals surface area (Å²) in [5.74, 6) is 0.855. The van der Waals surface area contributed by atoms with Crippen molar-refractivity contribution in [3.8, 4) is 0 Å². The van der Waals surface area contributed by atoms with Crippen molar-refractivity contribution in [2.45, 2.75) is 51.6 Å².